The van der Waals surface area contributed by atoms with Gasteiger partial charge in [0.15, 0.2) is 0 Å². The highest BCUT2D eigenvalue weighted by Gasteiger charge is 2.26. The lowest BCUT2D eigenvalue weighted by Crippen LogP contribution is -2.36. The summed E-state index contributed by atoms with van der Waals surface area (Å²) in [6.07, 6.45) is 1.57. The largest absolute Gasteiger partial charge is 0.392 e. The molecule has 1 aromatic rings. The van der Waals surface area contributed by atoms with Crippen molar-refractivity contribution >= 4 is 10.0 Å². The van der Waals surface area contributed by atoms with Gasteiger partial charge in [-0.2, -0.15) is 4.31 Å². The van der Waals surface area contributed by atoms with Gasteiger partial charge in [0, 0.05) is 13.1 Å². The van der Waals surface area contributed by atoms with Gasteiger partial charge in [-0.3, -0.25) is 0 Å². The zero-order valence-corrected chi connectivity index (χ0v) is 12.9. The Hall–Kier alpha value is -0.910. The lowest BCUT2D eigenvalue weighted by molar-refractivity contribution is 0.280. The van der Waals surface area contributed by atoms with Crippen LogP contribution in [-0.2, 0) is 16.6 Å². The van der Waals surface area contributed by atoms with Crippen LogP contribution >= 0.6 is 0 Å². The second-order valence-electron chi connectivity index (χ2n) is 4.74. The van der Waals surface area contributed by atoms with Crippen LogP contribution < -0.4 is 0 Å². The fourth-order valence-corrected chi connectivity index (χ4v) is 3.70. The number of benzene rings is 1. The number of sulfonamides is 1. The molecular weight excluding hydrogens is 262 g/mol. The van der Waals surface area contributed by atoms with Crippen molar-refractivity contribution in [1.29, 1.82) is 0 Å². The smallest absolute Gasteiger partial charge is 0.243 e. The normalized spacial score (nSPS) is 12.4. The van der Waals surface area contributed by atoms with E-state index in [-0.39, 0.29) is 17.5 Å². The molecule has 0 aliphatic rings. The number of rotatable bonds is 6. The molecule has 0 amide bonds. The summed E-state index contributed by atoms with van der Waals surface area (Å²) in [5.41, 5.74) is 1.55. The van der Waals surface area contributed by atoms with Crippen molar-refractivity contribution in [2.45, 2.75) is 51.2 Å². The maximum absolute atomic E-state index is 12.5. The topological polar surface area (TPSA) is 57.6 Å². The van der Waals surface area contributed by atoms with Gasteiger partial charge in [0.25, 0.3) is 0 Å². The minimum absolute atomic E-state index is 0.00359. The summed E-state index contributed by atoms with van der Waals surface area (Å²) >= 11 is 0. The van der Waals surface area contributed by atoms with Crippen LogP contribution in [0.1, 0.15) is 37.8 Å². The van der Waals surface area contributed by atoms with Gasteiger partial charge in [-0.05, 0) is 43.0 Å². The molecule has 0 atom stereocenters. The Morgan fingerprint density at radius 2 is 1.84 bits per heavy atom. The SMILES string of the molecule is CCC(CC)N(C)S(=O)(=O)c1ccc(C)c(CO)c1. The fourth-order valence-electron chi connectivity index (χ4n) is 2.14. The summed E-state index contributed by atoms with van der Waals surface area (Å²) < 4.78 is 26.5. The van der Waals surface area contributed by atoms with Crippen molar-refractivity contribution in [3.05, 3.63) is 29.3 Å². The molecule has 0 unspecified atom stereocenters. The first-order valence-corrected chi connectivity index (χ1v) is 8.00. The van der Waals surface area contributed by atoms with Gasteiger partial charge in [-0.25, -0.2) is 8.42 Å². The average molecular weight is 285 g/mol. The highest BCUT2D eigenvalue weighted by atomic mass is 32.2. The zero-order chi connectivity index (χ0) is 14.6. The molecule has 0 fully saturated rings. The lowest BCUT2D eigenvalue weighted by Gasteiger charge is -2.25. The monoisotopic (exact) mass is 285 g/mol. The van der Waals surface area contributed by atoms with Crippen LogP contribution in [0, 0.1) is 6.92 Å². The molecule has 0 radical (unpaired) electrons. The third kappa shape index (κ3) is 3.35. The van der Waals surface area contributed by atoms with Crippen LogP contribution in [0.25, 0.3) is 0 Å². The Morgan fingerprint density at radius 3 is 2.32 bits per heavy atom. The van der Waals surface area contributed by atoms with Gasteiger partial charge < -0.3 is 5.11 Å². The van der Waals surface area contributed by atoms with E-state index in [9.17, 15) is 13.5 Å². The van der Waals surface area contributed by atoms with Crippen LogP contribution in [0.3, 0.4) is 0 Å². The van der Waals surface area contributed by atoms with Gasteiger partial charge >= 0.3 is 0 Å². The molecule has 4 nitrogen and oxygen atoms in total. The standard InChI is InChI=1S/C14H23NO3S/c1-5-13(6-2)15(4)19(17,18)14-8-7-11(3)12(9-14)10-16/h7-9,13,16H,5-6,10H2,1-4H3. The molecule has 0 aliphatic heterocycles. The van der Waals surface area contributed by atoms with Crippen LogP contribution in [0.2, 0.25) is 0 Å². The predicted molar refractivity (Wildman–Crippen MR) is 76.4 cm³/mol. The molecule has 0 heterocycles. The molecule has 19 heavy (non-hydrogen) atoms. The Morgan fingerprint density at radius 1 is 1.26 bits per heavy atom. The highest BCUT2D eigenvalue weighted by molar-refractivity contribution is 7.89. The summed E-state index contributed by atoms with van der Waals surface area (Å²) in [4.78, 5) is 0.247. The van der Waals surface area contributed by atoms with Crippen molar-refractivity contribution in [1.82, 2.24) is 4.31 Å². The molecule has 0 saturated heterocycles. The molecule has 1 rings (SSSR count). The van der Waals surface area contributed by atoms with Crippen molar-refractivity contribution in [2.75, 3.05) is 7.05 Å². The highest BCUT2D eigenvalue weighted by Crippen LogP contribution is 2.22. The average Bonchev–Trinajstić information content (AvgIpc) is 2.40. The minimum atomic E-state index is -3.49. The summed E-state index contributed by atoms with van der Waals surface area (Å²) in [6, 6.07) is 4.90. The maximum Gasteiger partial charge on any atom is 0.243 e. The molecule has 0 spiro atoms. The Labute approximate surface area is 116 Å². The number of hydrogen-bond acceptors (Lipinski definition) is 3. The van der Waals surface area contributed by atoms with Crippen molar-refractivity contribution in [3.63, 3.8) is 0 Å². The summed E-state index contributed by atoms with van der Waals surface area (Å²) in [5, 5.41) is 9.24. The van der Waals surface area contributed by atoms with Gasteiger partial charge in [-0.15, -0.1) is 0 Å². The molecule has 0 bridgehead atoms. The molecule has 0 aliphatic carbocycles. The van der Waals surface area contributed by atoms with E-state index in [1.807, 2.05) is 20.8 Å². The Balaban J connectivity index is 3.20. The number of aliphatic hydroxyl groups excluding tert-OH is 1. The van der Waals surface area contributed by atoms with E-state index in [0.29, 0.717) is 5.56 Å². The van der Waals surface area contributed by atoms with Crippen molar-refractivity contribution in [3.8, 4) is 0 Å². The van der Waals surface area contributed by atoms with E-state index in [1.54, 1.807) is 25.2 Å². The second-order valence-corrected chi connectivity index (χ2v) is 6.74. The van der Waals surface area contributed by atoms with Gasteiger partial charge in [0.05, 0.1) is 11.5 Å². The van der Waals surface area contributed by atoms with E-state index in [1.165, 1.54) is 4.31 Å². The molecule has 0 saturated carbocycles. The van der Waals surface area contributed by atoms with Gasteiger partial charge in [0.2, 0.25) is 10.0 Å². The lowest BCUT2D eigenvalue weighted by atomic mass is 10.1. The zero-order valence-electron chi connectivity index (χ0n) is 12.0. The van der Waals surface area contributed by atoms with Crippen LogP contribution in [0.4, 0.5) is 0 Å². The summed E-state index contributed by atoms with van der Waals surface area (Å²) in [6.45, 7) is 5.67. The second kappa shape index (κ2) is 6.50. The number of nitrogens with zero attached hydrogens (tertiary/aromatic N) is 1. The molecule has 0 aromatic heterocycles. The first-order valence-electron chi connectivity index (χ1n) is 6.56. The third-order valence-corrected chi connectivity index (χ3v) is 5.53. The number of aliphatic hydroxyl groups is 1. The Kier molecular flexibility index (Phi) is 5.52. The number of hydrogen-bond donors (Lipinski definition) is 1. The summed E-state index contributed by atoms with van der Waals surface area (Å²) in [5.74, 6) is 0. The molecule has 1 aromatic carbocycles. The van der Waals surface area contributed by atoms with E-state index < -0.39 is 10.0 Å². The van der Waals surface area contributed by atoms with Crippen molar-refractivity contribution < 1.29 is 13.5 Å². The van der Waals surface area contributed by atoms with Gasteiger partial charge in [0.1, 0.15) is 0 Å². The van der Waals surface area contributed by atoms with Gasteiger partial charge in [-0.1, -0.05) is 19.9 Å². The third-order valence-electron chi connectivity index (χ3n) is 3.62. The fraction of sp³-hybridized carbons (Fsp3) is 0.571. The van der Waals surface area contributed by atoms with Crippen LogP contribution in [0.15, 0.2) is 23.1 Å². The minimum Gasteiger partial charge on any atom is -0.392 e. The van der Waals surface area contributed by atoms with E-state index in [2.05, 4.69) is 0 Å². The Bertz CT molecular complexity index is 521. The first-order chi connectivity index (χ1) is 8.88. The summed E-state index contributed by atoms with van der Waals surface area (Å²) in [7, 11) is -1.87. The van der Waals surface area contributed by atoms with Crippen LogP contribution in [0.5, 0.6) is 0 Å². The first kappa shape index (κ1) is 16.1. The van der Waals surface area contributed by atoms with E-state index >= 15 is 0 Å². The molecule has 5 heteroatoms. The molecule has 108 valence electrons. The van der Waals surface area contributed by atoms with Crippen LogP contribution in [-0.4, -0.2) is 30.9 Å². The predicted octanol–water partition coefficient (Wildman–Crippen LogP) is 2.30. The quantitative estimate of drug-likeness (QED) is 0.872. The van der Waals surface area contributed by atoms with E-state index in [4.69, 9.17) is 0 Å². The van der Waals surface area contributed by atoms with E-state index in [0.717, 1.165) is 18.4 Å². The molecular formula is C14H23NO3S. The molecule has 1 N–H and O–H groups in total. The van der Waals surface area contributed by atoms with Crippen molar-refractivity contribution in [2.24, 2.45) is 0 Å². The maximum atomic E-state index is 12.5. The number of aryl methyl sites for hydroxylation is 1.